The number of hydrogen-bond acceptors (Lipinski definition) is 2. The van der Waals surface area contributed by atoms with Crippen molar-refractivity contribution in [3.05, 3.63) is 21.6 Å². The van der Waals surface area contributed by atoms with E-state index in [1.54, 1.807) is 0 Å². The Morgan fingerprint density at radius 2 is 2.33 bits per heavy atom. The molecule has 0 aromatic rings. The fraction of sp³-hybridized carbons (Fsp3) is 0.714. The third-order valence-corrected chi connectivity index (χ3v) is 3.79. The molecule has 1 N–H and O–H groups in total. The van der Waals surface area contributed by atoms with Crippen LogP contribution in [0.15, 0.2) is 21.6 Å². The first-order chi connectivity index (χ1) is 8.61. The zero-order valence-corrected chi connectivity index (χ0v) is 14.0. The smallest absolute Gasteiger partial charge is 0.0794 e. The predicted octanol–water partition coefficient (Wildman–Crippen LogP) is 4.52. The lowest BCUT2D eigenvalue weighted by atomic mass is 9.95. The molecule has 0 amide bonds. The fourth-order valence-corrected chi connectivity index (χ4v) is 2.60. The van der Waals surface area contributed by atoms with Crippen molar-refractivity contribution >= 4 is 31.9 Å². The minimum Gasteiger partial charge on any atom is -0.396 e. The average Bonchev–Trinajstić information content (AvgIpc) is 2.34. The number of aliphatic hydroxyl groups excluding tert-OH is 1. The fourth-order valence-electron chi connectivity index (χ4n) is 2.23. The summed E-state index contributed by atoms with van der Waals surface area (Å²) in [6.45, 7) is 2.53. The second kappa shape index (κ2) is 9.29. The van der Waals surface area contributed by atoms with Crippen LogP contribution in [0.1, 0.15) is 39.0 Å². The zero-order chi connectivity index (χ0) is 13.4. The van der Waals surface area contributed by atoms with Crippen LogP contribution in [-0.4, -0.2) is 23.9 Å². The van der Waals surface area contributed by atoms with Crippen molar-refractivity contribution < 1.29 is 9.84 Å². The Kier molecular flexibility index (Phi) is 8.47. The quantitative estimate of drug-likeness (QED) is 0.657. The summed E-state index contributed by atoms with van der Waals surface area (Å²) in [6, 6.07) is 0. The Morgan fingerprint density at radius 3 is 3.00 bits per heavy atom. The molecule has 4 heteroatoms. The second-order valence-corrected chi connectivity index (χ2v) is 7.67. The maximum Gasteiger partial charge on any atom is 0.0794 e. The summed E-state index contributed by atoms with van der Waals surface area (Å²) in [6.07, 6.45) is 11.9. The normalized spacial score (nSPS) is 24.9. The van der Waals surface area contributed by atoms with Gasteiger partial charge in [-0.25, -0.2) is 0 Å². The number of aliphatic hydroxyl groups is 1. The lowest BCUT2D eigenvalue weighted by Crippen LogP contribution is -2.25. The minimum absolute atomic E-state index is 0.193. The summed E-state index contributed by atoms with van der Waals surface area (Å²) in [4.78, 5) is 0. The molecule has 1 aliphatic rings. The Bertz CT molecular complexity index is 286. The monoisotopic (exact) mass is 380 g/mol. The van der Waals surface area contributed by atoms with E-state index in [0.29, 0.717) is 18.6 Å². The lowest BCUT2D eigenvalue weighted by Gasteiger charge is -2.27. The summed E-state index contributed by atoms with van der Waals surface area (Å²) >= 11 is 6.72. The van der Waals surface area contributed by atoms with Crippen LogP contribution in [0.4, 0.5) is 0 Å². The van der Waals surface area contributed by atoms with Crippen LogP contribution in [0.25, 0.3) is 0 Å². The Hall–Kier alpha value is 0.360. The van der Waals surface area contributed by atoms with Crippen molar-refractivity contribution in [1.29, 1.82) is 0 Å². The maximum absolute atomic E-state index is 8.83. The van der Waals surface area contributed by atoms with Crippen molar-refractivity contribution in [2.45, 2.75) is 51.2 Å². The molecule has 3 unspecified atom stereocenters. The molecular weight excluding hydrogens is 360 g/mol. The molecule has 3 atom stereocenters. The summed E-state index contributed by atoms with van der Waals surface area (Å²) in [5, 5.41) is 8.83. The molecule has 1 heterocycles. The Morgan fingerprint density at radius 1 is 1.56 bits per heavy atom. The van der Waals surface area contributed by atoms with E-state index in [0.717, 1.165) is 35.5 Å². The summed E-state index contributed by atoms with van der Waals surface area (Å²) in [5.41, 5.74) is 0. The lowest BCUT2D eigenvalue weighted by molar-refractivity contribution is -0.00517. The second-order valence-electron chi connectivity index (χ2n) is 4.90. The van der Waals surface area contributed by atoms with Gasteiger partial charge in [0.25, 0.3) is 0 Å². The summed E-state index contributed by atoms with van der Waals surface area (Å²) < 4.78 is 7.03. The standard InChI is InChI=1S/C14H22Br2O2/c1-11(4-3-9-17)10-13-6-2-5-12(18-13)7-8-14(15)16/h2,5,8,11-13,17H,3-4,6-7,9-10H2,1H3. The molecule has 0 bridgehead atoms. The van der Waals surface area contributed by atoms with Crippen LogP contribution in [-0.2, 0) is 4.74 Å². The summed E-state index contributed by atoms with van der Waals surface area (Å²) in [7, 11) is 0. The third-order valence-electron chi connectivity index (χ3n) is 3.14. The maximum atomic E-state index is 8.83. The molecule has 1 rings (SSSR count). The van der Waals surface area contributed by atoms with E-state index in [1.165, 1.54) is 0 Å². The molecule has 0 radical (unpaired) electrons. The first-order valence-electron chi connectivity index (χ1n) is 6.56. The molecule has 18 heavy (non-hydrogen) atoms. The summed E-state index contributed by atoms with van der Waals surface area (Å²) in [5.74, 6) is 0.618. The van der Waals surface area contributed by atoms with E-state index < -0.39 is 0 Å². The zero-order valence-electron chi connectivity index (χ0n) is 10.8. The van der Waals surface area contributed by atoms with Crippen LogP contribution in [0.3, 0.4) is 0 Å². The van der Waals surface area contributed by atoms with Crippen LogP contribution < -0.4 is 0 Å². The molecule has 0 aliphatic carbocycles. The van der Waals surface area contributed by atoms with Crippen LogP contribution in [0.2, 0.25) is 0 Å². The Labute approximate surface area is 127 Å². The van der Waals surface area contributed by atoms with Gasteiger partial charge in [0.1, 0.15) is 0 Å². The molecule has 0 aromatic carbocycles. The Balaban J connectivity index is 2.32. The average molecular weight is 382 g/mol. The van der Waals surface area contributed by atoms with Gasteiger partial charge in [0.15, 0.2) is 0 Å². The first kappa shape index (κ1) is 16.4. The van der Waals surface area contributed by atoms with E-state index in [9.17, 15) is 0 Å². The number of ether oxygens (including phenoxy) is 1. The van der Waals surface area contributed by atoms with Gasteiger partial charge < -0.3 is 9.84 Å². The molecule has 2 nitrogen and oxygen atoms in total. The van der Waals surface area contributed by atoms with E-state index in [1.807, 2.05) is 0 Å². The van der Waals surface area contributed by atoms with Gasteiger partial charge in [0.2, 0.25) is 0 Å². The number of rotatable bonds is 7. The molecule has 1 aliphatic heterocycles. The van der Waals surface area contributed by atoms with Gasteiger partial charge in [-0.3, -0.25) is 0 Å². The van der Waals surface area contributed by atoms with Crippen LogP contribution in [0.5, 0.6) is 0 Å². The van der Waals surface area contributed by atoms with Gasteiger partial charge in [-0.2, -0.15) is 0 Å². The first-order valence-corrected chi connectivity index (χ1v) is 8.14. The molecule has 0 fully saturated rings. The molecular formula is C14H22Br2O2. The SMILES string of the molecule is CC(CCCO)CC1CC=CC(CC=C(Br)Br)O1. The molecule has 0 aromatic heterocycles. The van der Waals surface area contributed by atoms with E-state index in [2.05, 4.69) is 57.0 Å². The highest BCUT2D eigenvalue weighted by Gasteiger charge is 2.19. The highest BCUT2D eigenvalue weighted by molar-refractivity contribution is 9.28. The molecule has 0 spiro atoms. The van der Waals surface area contributed by atoms with E-state index in [4.69, 9.17) is 9.84 Å². The predicted molar refractivity (Wildman–Crippen MR) is 83.1 cm³/mol. The van der Waals surface area contributed by atoms with Gasteiger partial charge in [0, 0.05) is 6.61 Å². The molecule has 0 saturated carbocycles. The van der Waals surface area contributed by atoms with Crippen LogP contribution in [0, 0.1) is 5.92 Å². The van der Waals surface area contributed by atoms with Crippen molar-refractivity contribution in [2.75, 3.05) is 6.61 Å². The van der Waals surface area contributed by atoms with Gasteiger partial charge in [-0.05, 0) is 69.9 Å². The largest absolute Gasteiger partial charge is 0.396 e. The van der Waals surface area contributed by atoms with Crippen molar-refractivity contribution in [2.24, 2.45) is 5.92 Å². The molecule has 0 saturated heterocycles. The van der Waals surface area contributed by atoms with Gasteiger partial charge in [0.05, 0.1) is 15.6 Å². The van der Waals surface area contributed by atoms with Crippen LogP contribution >= 0.6 is 31.9 Å². The van der Waals surface area contributed by atoms with Gasteiger partial charge >= 0.3 is 0 Å². The molecule has 104 valence electrons. The van der Waals surface area contributed by atoms with Crippen molar-refractivity contribution in [3.8, 4) is 0 Å². The van der Waals surface area contributed by atoms with Crippen molar-refractivity contribution in [3.63, 3.8) is 0 Å². The topological polar surface area (TPSA) is 29.5 Å². The highest BCUT2D eigenvalue weighted by Crippen LogP contribution is 2.24. The van der Waals surface area contributed by atoms with E-state index in [-0.39, 0.29) is 6.10 Å². The van der Waals surface area contributed by atoms with Crippen molar-refractivity contribution in [1.82, 2.24) is 0 Å². The number of hydrogen-bond donors (Lipinski definition) is 1. The number of halogens is 2. The minimum atomic E-state index is 0.193. The third kappa shape index (κ3) is 7.07. The van der Waals surface area contributed by atoms with E-state index >= 15 is 0 Å². The van der Waals surface area contributed by atoms with Gasteiger partial charge in [-0.1, -0.05) is 25.2 Å². The van der Waals surface area contributed by atoms with Gasteiger partial charge in [-0.15, -0.1) is 0 Å². The highest BCUT2D eigenvalue weighted by atomic mass is 79.9.